The summed E-state index contributed by atoms with van der Waals surface area (Å²) in [6.45, 7) is 1.75. The van der Waals surface area contributed by atoms with Gasteiger partial charge in [-0.3, -0.25) is 10.1 Å². The zero-order chi connectivity index (χ0) is 14.6. The maximum absolute atomic E-state index is 11.3. The number of likely N-dealkylation sites (N-methyl/N-ethyl adjacent to an activating group) is 1. The molecular weight excluding hydrogens is 254 g/mol. The van der Waals surface area contributed by atoms with E-state index in [4.69, 9.17) is 0 Å². The Morgan fingerprint density at radius 2 is 2.32 bits per heavy atom. The molecule has 1 unspecified atom stereocenters. The summed E-state index contributed by atoms with van der Waals surface area (Å²) in [7, 11) is 2.75. The molecule has 0 fully saturated rings. The van der Waals surface area contributed by atoms with Crippen molar-refractivity contribution in [3.8, 4) is 0 Å². The molecule has 104 valence electrons. The van der Waals surface area contributed by atoms with Gasteiger partial charge < -0.3 is 14.7 Å². The standard InChI is InChI=1S/C11H15N3O5/c1-7(15)6-13(2)10-9(14(17)18)4-8(5-12-10)11(16)19-3/h4-5,7,15H,6H2,1-3H3. The van der Waals surface area contributed by atoms with Crippen LogP contribution in [0.5, 0.6) is 0 Å². The average Bonchev–Trinajstić information content (AvgIpc) is 2.36. The van der Waals surface area contributed by atoms with Gasteiger partial charge in [0.1, 0.15) is 0 Å². The fourth-order valence-corrected chi connectivity index (χ4v) is 1.59. The van der Waals surface area contributed by atoms with Gasteiger partial charge in [-0.05, 0) is 6.92 Å². The molecule has 1 N–H and O–H groups in total. The highest BCUT2D eigenvalue weighted by Crippen LogP contribution is 2.26. The van der Waals surface area contributed by atoms with Crippen molar-refractivity contribution in [1.82, 2.24) is 4.98 Å². The topological polar surface area (TPSA) is 106 Å². The van der Waals surface area contributed by atoms with Gasteiger partial charge in [-0.2, -0.15) is 0 Å². The van der Waals surface area contributed by atoms with Crippen LogP contribution in [0.2, 0.25) is 0 Å². The fourth-order valence-electron chi connectivity index (χ4n) is 1.59. The van der Waals surface area contributed by atoms with E-state index in [1.54, 1.807) is 14.0 Å². The predicted octanol–water partition coefficient (Wildman–Crippen LogP) is 0.593. The molecule has 0 amide bonds. The number of aliphatic hydroxyl groups excluding tert-OH is 1. The van der Waals surface area contributed by atoms with E-state index in [9.17, 15) is 20.0 Å². The lowest BCUT2D eigenvalue weighted by atomic mass is 10.2. The Bertz CT molecular complexity index is 489. The maximum Gasteiger partial charge on any atom is 0.339 e. The summed E-state index contributed by atoms with van der Waals surface area (Å²) in [5, 5.41) is 20.3. The zero-order valence-corrected chi connectivity index (χ0v) is 10.9. The lowest BCUT2D eigenvalue weighted by molar-refractivity contribution is -0.384. The molecule has 0 bridgehead atoms. The quantitative estimate of drug-likeness (QED) is 0.473. The molecule has 8 nitrogen and oxygen atoms in total. The summed E-state index contributed by atoms with van der Waals surface area (Å²) >= 11 is 0. The molecule has 0 aromatic carbocycles. The summed E-state index contributed by atoms with van der Waals surface area (Å²) in [4.78, 5) is 27.0. The number of aliphatic hydroxyl groups is 1. The lowest BCUT2D eigenvalue weighted by Crippen LogP contribution is -2.28. The predicted molar refractivity (Wildman–Crippen MR) is 67.2 cm³/mol. The summed E-state index contributed by atoms with van der Waals surface area (Å²) in [6.07, 6.45) is 0.541. The molecular formula is C11H15N3O5. The molecule has 0 saturated heterocycles. The number of ether oxygens (including phenoxy) is 1. The van der Waals surface area contributed by atoms with Gasteiger partial charge >= 0.3 is 11.7 Å². The number of hydrogen-bond donors (Lipinski definition) is 1. The summed E-state index contributed by atoms with van der Waals surface area (Å²) in [5.41, 5.74) is -0.311. The molecule has 1 aromatic heterocycles. The van der Waals surface area contributed by atoms with Crippen LogP contribution in [0.4, 0.5) is 11.5 Å². The van der Waals surface area contributed by atoms with Crippen LogP contribution in [0.1, 0.15) is 17.3 Å². The van der Waals surface area contributed by atoms with Gasteiger partial charge in [-0.1, -0.05) is 0 Å². The minimum atomic E-state index is -0.694. The highest BCUT2D eigenvalue weighted by Gasteiger charge is 2.22. The number of hydrogen-bond acceptors (Lipinski definition) is 7. The van der Waals surface area contributed by atoms with Crippen molar-refractivity contribution in [2.24, 2.45) is 0 Å². The zero-order valence-electron chi connectivity index (χ0n) is 10.9. The molecule has 19 heavy (non-hydrogen) atoms. The molecule has 0 spiro atoms. The van der Waals surface area contributed by atoms with Crippen molar-refractivity contribution in [3.63, 3.8) is 0 Å². The Balaban J connectivity index is 3.18. The molecule has 0 saturated carbocycles. The van der Waals surface area contributed by atoms with Gasteiger partial charge in [0.15, 0.2) is 0 Å². The van der Waals surface area contributed by atoms with Crippen LogP contribution >= 0.6 is 0 Å². The number of nitrogens with zero attached hydrogens (tertiary/aromatic N) is 3. The van der Waals surface area contributed by atoms with Crippen molar-refractivity contribution in [2.75, 3.05) is 25.6 Å². The highest BCUT2D eigenvalue weighted by molar-refractivity contribution is 5.90. The maximum atomic E-state index is 11.3. The Kier molecular flexibility index (Phi) is 4.76. The number of rotatable bonds is 5. The second-order valence-electron chi connectivity index (χ2n) is 4.04. The molecule has 0 aliphatic heterocycles. The van der Waals surface area contributed by atoms with Crippen molar-refractivity contribution in [1.29, 1.82) is 0 Å². The van der Waals surface area contributed by atoms with Crippen molar-refractivity contribution >= 4 is 17.5 Å². The first-order valence-corrected chi connectivity index (χ1v) is 5.48. The Hall–Kier alpha value is -2.22. The van der Waals surface area contributed by atoms with E-state index in [0.717, 1.165) is 6.07 Å². The van der Waals surface area contributed by atoms with E-state index in [2.05, 4.69) is 9.72 Å². The molecule has 1 heterocycles. The third-order valence-corrected chi connectivity index (χ3v) is 2.36. The smallest absolute Gasteiger partial charge is 0.339 e. The molecule has 8 heteroatoms. The van der Waals surface area contributed by atoms with Crippen LogP contribution in [0.25, 0.3) is 0 Å². The third kappa shape index (κ3) is 3.62. The van der Waals surface area contributed by atoms with E-state index in [0.29, 0.717) is 0 Å². The number of nitro groups is 1. The first-order chi connectivity index (χ1) is 8.86. The van der Waals surface area contributed by atoms with Crippen LogP contribution in [-0.4, -0.2) is 47.8 Å². The van der Waals surface area contributed by atoms with Crippen molar-refractivity contribution in [2.45, 2.75) is 13.0 Å². The number of pyridine rings is 1. The van der Waals surface area contributed by atoms with Crippen LogP contribution in [0, 0.1) is 10.1 Å². The normalized spacial score (nSPS) is 11.8. The van der Waals surface area contributed by atoms with E-state index in [-0.39, 0.29) is 23.6 Å². The molecule has 1 rings (SSSR count). The SMILES string of the molecule is COC(=O)c1cnc(N(C)CC(C)O)c([N+](=O)[O-])c1. The largest absolute Gasteiger partial charge is 0.465 e. The van der Waals surface area contributed by atoms with Gasteiger partial charge in [0.2, 0.25) is 5.82 Å². The minimum Gasteiger partial charge on any atom is -0.465 e. The van der Waals surface area contributed by atoms with Gasteiger partial charge in [-0.25, -0.2) is 9.78 Å². The lowest BCUT2D eigenvalue weighted by Gasteiger charge is -2.19. The molecule has 0 radical (unpaired) electrons. The minimum absolute atomic E-state index is 0.00315. The molecule has 0 aliphatic carbocycles. The van der Waals surface area contributed by atoms with E-state index in [1.807, 2.05) is 0 Å². The van der Waals surface area contributed by atoms with Crippen molar-refractivity contribution < 1.29 is 19.6 Å². The first-order valence-electron chi connectivity index (χ1n) is 5.48. The van der Waals surface area contributed by atoms with Crippen LogP contribution in [-0.2, 0) is 4.74 Å². The Morgan fingerprint density at radius 3 is 2.79 bits per heavy atom. The number of carbonyl (C=O) groups is 1. The second-order valence-corrected chi connectivity index (χ2v) is 4.04. The summed E-state index contributed by atoms with van der Waals surface area (Å²) in [5.74, 6) is -0.612. The average molecular weight is 269 g/mol. The highest BCUT2D eigenvalue weighted by atomic mass is 16.6. The third-order valence-electron chi connectivity index (χ3n) is 2.36. The van der Waals surface area contributed by atoms with Gasteiger partial charge in [0.05, 0.1) is 23.7 Å². The number of esters is 1. The summed E-state index contributed by atoms with van der Waals surface area (Å²) < 4.78 is 4.48. The molecule has 1 atom stereocenters. The van der Waals surface area contributed by atoms with Crippen molar-refractivity contribution in [3.05, 3.63) is 27.9 Å². The van der Waals surface area contributed by atoms with Crippen LogP contribution in [0.15, 0.2) is 12.3 Å². The first kappa shape index (κ1) is 14.8. The second kappa shape index (κ2) is 6.10. The monoisotopic (exact) mass is 269 g/mol. The van der Waals surface area contributed by atoms with Crippen LogP contribution < -0.4 is 4.90 Å². The summed E-state index contributed by atoms with van der Waals surface area (Å²) in [6, 6.07) is 1.10. The molecule has 0 aliphatic rings. The number of methoxy groups -OCH3 is 1. The Morgan fingerprint density at radius 1 is 1.68 bits per heavy atom. The molecule has 1 aromatic rings. The van der Waals surface area contributed by atoms with Gasteiger partial charge in [-0.15, -0.1) is 0 Å². The van der Waals surface area contributed by atoms with E-state index in [1.165, 1.54) is 18.2 Å². The van der Waals surface area contributed by atoms with E-state index >= 15 is 0 Å². The van der Waals surface area contributed by atoms with Gasteiger partial charge in [0, 0.05) is 25.9 Å². The fraction of sp³-hybridized carbons (Fsp3) is 0.455. The number of carbonyl (C=O) groups excluding carboxylic acids is 1. The van der Waals surface area contributed by atoms with Crippen LogP contribution in [0.3, 0.4) is 0 Å². The Labute approximate surface area is 109 Å². The number of aromatic nitrogens is 1. The van der Waals surface area contributed by atoms with Gasteiger partial charge in [0.25, 0.3) is 0 Å². The number of anilines is 1. The van der Waals surface area contributed by atoms with E-state index < -0.39 is 17.0 Å².